The minimum absolute atomic E-state index is 0.0703. The first-order valence-corrected chi connectivity index (χ1v) is 12.0. The molecular weight excluding hydrogens is 482 g/mol. The molecule has 180 valence electrons. The largest absolute Gasteiger partial charge is 0.299 e. The Morgan fingerprint density at radius 3 is 1.89 bits per heavy atom. The molecule has 6 heteroatoms. The molecule has 0 saturated carbocycles. The number of halogens is 1. The molecule has 2 aliphatic rings. The maximum atomic E-state index is 12.0. The van der Waals surface area contributed by atoms with Crippen molar-refractivity contribution in [3.63, 3.8) is 0 Å². The van der Waals surface area contributed by atoms with Crippen LogP contribution in [-0.2, 0) is 28.9 Å². The molecule has 0 aromatic heterocycles. The van der Waals surface area contributed by atoms with E-state index in [9.17, 15) is 9.59 Å². The van der Waals surface area contributed by atoms with Crippen molar-refractivity contribution in [3.8, 4) is 6.07 Å². The molecule has 0 unspecified atom stereocenters. The number of ketones is 1. The molecule has 0 bridgehead atoms. The van der Waals surface area contributed by atoms with E-state index in [1.807, 2.05) is 48.5 Å². The molecule has 1 aliphatic carbocycles. The summed E-state index contributed by atoms with van der Waals surface area (Å²) in [4.78, 5) is 27.9. The lowest BCUT2D eigenvalue weighted by Crippen LogP contribution is -2.20. The van der Waals surface area contributed by atoms with E-state index in [1.54, 1.807) is 53.4 Å². The number of nitriles is 1. The number of amides is 1. The van der Waals surface area contributed by atoms with Crippen LogP contribution in [0.15, 0.2) is 97.1 Å². The predicted molar refractivity (Wildman–Crippen MR) is 145 cm³/mol. The molecule has 37 heavy (non-hydrogen) atoms. The number of Topliss-reactive ketones (excluding diaryl/α,β-unsaturated/α-hetero) is 1. The smallest absolute Gasteiger partial charge is 0.236 e. The van der Waals surface area contributed by atoms with Crippen molar-refractivity contribution in [2.45, 2.75) is 19.3 Å². The van der Waals surface area contributed by atoms with Gasteiger partial charge < -0.3 is 0 Å². The molecule has 0 atom stereocenters. The lowest BCUT2D eigenvalue weighted by molar-refractivity contribution is -0.117. The Bertz CT molecular complexity index is 1490. The highest BCUT2D eigenvalue weighted by atomic mass is 35.5. The topological polar surface area (TPSA) is 65.5 Å². The molecule has 1 heterocycles. The van der Waals surface area contributed by atoms with E-state index in [1.165, 1.54) is 11.1 Å². The van der Waals surface area contributed by atoms with Gasteiger partial charge in [-0.3, -0.25) is 14.5 Å². The summed E-state index contributed by atoms with van der Waals surface area (Å²) in [5, 5.41) is 9.44. The molecule has 0 fully saturated rings. The third kappa shape index (κ3) is 6.30. The summed E-state index contributed by atoms with van der Waals surface area (Å²) in [6, 6.07) is 31.7. The second-order valence-corrected chi connectivity index (χ2v) is 8.88. The number of rotatable bonds is 1. The van der Waals surface area contributed by atoms with Gasteiger partial charge in [0.2, 0.25) is 5.91 Å². The van der Waals surface area contributed by atoms with E-state index in [2.05, 4.69) is 10.9 Å². The molecule has 1 aliphatic heterocycles. The van der Waals surface area contributed by atoms with Crippen LogP contribution in [0.1, 0.15) is 22.3 Å². The molecule has 0 saturated heterocycles. The van der Waals surface area contributed by atoms with Crippen LogP contribution in [0.2, 0.25) is 5.02 Å². The highest BCUT2D eigenvalue weighted by Gasteiger charge is 2.27. The zero-order valence-corrected chi connectivity index (χ0v) is 20.7. The van der Waals surface area contributed by atoms with E-state index in [-0.39, 0.29) is 5.91 Å². The fourth-order valence-corrected chi connectivity index (χ4v) is 4.25. The van der Waals surface area contributed by atoms with E-state index in [0.29, 0.717) is 41.3 Å². The fourth-order valence-electron chi connectivity index (χ4n) is 4.13. The maximum Gasteiger partial charge on any atom is 0.236 e. The zero-order chi connectivity index (χ0) is 26.2. The first-order chi connectivity index (χ1) is 18.0. The molecular formula is C31H22ClN3O2. The Morgan fingerprint density at radius 2 is 1.32 bits per heavy atom. The van der Waals surface area contributed by atoms with Gasteiger partial charge in [-0.1, -0.05) is 78.3 Å². The van der Waals surface area contributed by atoms with Crippen LogP contribution < -0.4 is 4.90 Å². The average Bonchev–Trinajstić information content (AvgIpc) is 3.48. The van der Waals surface area contributed by atoms with Crippen LogP contribution in [-0.4, -0.2) is 11.7 Å². The van der Waals surface area contributed by atoms with Gasteiger partial charge in [0.1, 0.15) is 5.78 Å². The first-order valence-electron chi connectivity index (χ1n) is 11.6. The number of carbonyl (C=O) groups excluding carboxylic acids is 2. The minimum atomic E-state index is 0.0703. The van der Waals surface area contributed by atoms with Gasteiger partial charge in [-0.05, 0) is 47.0 Å². The van der Waals surface area contributed by atoms with Crippen LogP contribution >= 0.6 is 11.6 Å². The standard InChI is InChI=1S/C15H10N2O.C9H8O.C7H4ClN/c16-10-11-5-7-13(8-6-11)17-14-4-2-1-3-12(14)9-15(17)18;10-9-5-7-3-1-2-4-8(7)6-9;1-9-7-4-2-6(8)3-5-7/h1-8H,9H2;1-4H,5-6H2;2-5H. The van der Waals surface area contributed by atoms with Gasteiger partial charge in [0.25, 0.3) is 0 Å². The lowest BCUT2D eigenvalue weighted by Gasteiger charge is -2.17. The Labute approximate surface area is 221 Å². The number of hydrogen-bond acceptors (Lipinski definition) is 3. The third-order valence-electron chi connectivity index (χ3n) is 5.93. The number of carbonyl (C=O) groups is 2. The lowest BCUT2D eigenvalue weighted by atomic mass is 10.1. The normalized spacial score (nSPS) is 12.7. The van der Waals surface area contributed by atoms with Gasteiger partial charge in [-0.15, -0.1) is 0 Å². The fraction of sp³-hybridized carbons (Fsp3) is 0.0968. The number of nitrogens with zero attached hydrogens (tertiary/aromatic N) is 3. The quantitative estimate of drug-likeness (QED) is 0.262. The van der Waals surface area contributed by atoms with Gasteiger partial charge in [-0.2, -0.15) is 5.26 Å². The zero-order valence-electron chi connectivity index (χ0n) is 19.9. The van der Waals surface area contributed by atoms with Crippen molar-refractivity contribution >= 4 is 40.4 Å². The second kappa shape index (κ2) is 11.8. The Morgan fingerprint density at radius 1 is 0.757 bits per heavy atom. The summed E-state index contributed by atoms with van der Waals surface area (Å²) in [5.41, 5.74) is 6.45. The molecule has 0 spiro atoms. The van der Waals surface area contributed by atoms with Crippen molar-refractivity contribution in [1.29, 1.82) is 5.26 Å². The number of fused-ring (bicyclic) bond motifs is 2. The molecule has 1 amide bonds. The second-order valence-electron chi connectivity index (χ2n) is 8.44. The number of benzene rings is 4. The molecule has 6 rings (SSSR count). The molecule has 0 radical (unpaired) electrons. The summed E-state index contributed by atoms with van der Waals surface area (Å²) < 4.78 is 0. The van der Waals surface area contributed by atoms with Crippen LogP contribution in [0.5, 0.6) is 0 Å². The number of para-hydroxylation sites is 1. The average molecular weight is 504 g/mol. The van der Waals surface area contributed by atoms with Crippen molar-refractivity contribution in [2.24, 2.45) is 0 Å². The van der Waals surface area contributed by atoms with Gasteiger partial charge in [0.05, 0.1) is 30.3 Å². The van der Waals surface area contributed by atoms with Gasteiger partial charge in [-0.25, -0.2) is 4.85 Å². The van der Waals surface area contributed by atoms with Gasteiger partial charge in [0, 0.05) is 23.6 Å². The van der Waals surface area contributed by atoms with Gasteiger partial charge in [0.15, 0.2) is 5.69 Å². The number of hydrogen-bond donors (Lipinski definition) is 0. The van der Waals surface area contributed by atoms with Crippen molar-refractivity contribution in [2.75, 3.05) is 4.90 Å². The van der Waals surface area contributed by atoms with Crippen molar-refractivity contribution in [1.82, 2.24) is 0 Å². The Balaban J connectivity index is 0.000000143. The van der Waals surface area contributed by atoms with E-state index in [4.69, 9.17) is 23.4 Å². The summed E-state index contributed by atoms with van der Waals surface area (Å²) in [5.74, 6) is 0.419. The van der Waals surface area contributed by atoms with Crippen LogP contribution in [0.4, 0.5) is 17.1 Å². The summed E-state index contributed by atoms with van der Waals surface area (Å²) >= 11 is 5.57. The van der Waals surface area contributed by atoms with Crippen LogP contribution in [0.25, 0.3) is 4.85 Å². The molecule has 4 aromatic rings. The monoisotopic (exact) mass is 503 g/mol. The molecule has 5 nitrogen and oxygen atoms in total. The molecule has 0 N–H and O–H groups in total. The van der Waals surface area contributed by atoms with Gasteiger partial charge >= 0.3 is 0 Å². The summed E-state index contributed by atoms with van der Waals surface area (Å²) in [7, 11) is 0. The van der Waals surface area contributed by atoms with E-state index in [0.717, 1.165) is 16.9 Å². The minimum Gasteiger partial charge on any atom is -0.299 e. The maximum absolute atomic E-state index is 12.0. The number of anilines is 2. The Kier molecular flexibility index (Phi) is 8.11. The highest BCUT2D eigenvalue weighted by molar-refractivity contribution is 6.30. The van der Waals surface area contributed by atoms with E-state index >= 15 is 0 Å². The summed E-state index contributed by atoms with van der Waals surface area (Å²) in [6.45, 7) is 6.60. The predicted octanol–water partition coefficient (Wildman–Crippen LogP) is 7.02. The van der Waals surface area contributed by atoms with Crippen molar-refractivity contribution in [3.05, 3.63) is 136 Å². The first kappa shape index (κ1) is 25.4. The van der Waals surface area contributed by atoms with E-state index < -0.39 is 0 Å². The highest BCUT2D eigenvalue weighted by Crippen LogP contribution is 2.35. The third-order valence-corrected chi connectivity index (χ3v) is 6.18. The molecule has 4 aromatic carbocycles. The SMILES string of the molecule is N#Cc1ccc(N2C(=O)Cc3ccccc32)cc1.O=C1Cc2ccccc2C1.[C-]#[N+]c1ccc(Cl)cc1. The van der Waals surface area contributed by atoms with Crippen LogP contribution in [0, 0.1) is 17.9 Å². The Hall–Kier alpha value is -4.71. The van der Waals surface area contributed by atoms with Crippen LogP contribution in [0.3, 0.4) is 0 Å². The van der Waals surface area contributed by atoms with Crippen molar-refractivity contribution < 1.29 is 9.59 Å². The summed E-state index contributed by atoms with van der Waals surface area (Å²) in [6.07, 6.45) is 1.74.